The number of rotatable bonds is 2. The minimum absolute atomic E-state index is 0. The number of morpholine rings is 1. The molecule has 2 atom stereocenters. The molecule has 1 saturated heterocycles. The molecular weight excluding hydrogens is 271 g/mol. The number of hydrogen-bond acceptors (Lipinski definition) is 3. The third-order valence-corrected chi connectivity index (χ3v) is 3.12. The Balaban J connectivity index is 0.00000180. The maximum absolute atomic E-state index is 13.4. The van der Waals surface area contributed by atoms with Crippen molar-refractivity contribution in [2.45, 2.75) is 26.0 Å². The summed E-state index contributed by atoms with van der Waals surface area (Å²) in [5, 5.41) is 5.82. The molecule has 0 bridgehead atoms. The highest BCUT2D eigenvalue weighted by atomic mass is 35.5. The lowest BCUT2D eigenvalue weighted by atomic mass is 10.1. The van der Waals surface area contributed by atoms with Gasteiger partial charge in [0.15, 0.2) is 0 Å². The second kappa shape index (κ2) is 6.84. The van der Waals surface area contributed by atoms with Crippen molar-refractivity contribution >= 4 is 24.0 Å². The van der Waals surface area contributed by atoms with Crippen LogP contribution in [0.3, 0.4) is 0 Å². The average molecular weight is 289 g/mol. The van der Waals surface area contributed by atoms with E-state index in [1.54, 1.807) is 19.1 Å². The molecule has 4 nitrogen and oxygen atoms in total. The smallest absolute Gasteiger partial charge is 0.244 e. The molecule has 19 heavy (non-hydrogen) atoms. The summed E-state index contributed by atoms with van der Waals surface area (Å²) in [6.45, 7) is 4.72. The minimum Gasteiger partial charge on any atom is -0.375 e. The van der Waals surface area contributed by atoms with Gasteiger partial charge in [0, 0.05) is 17.8 Å². The summed E-state index contributed by atoms with van der Waals surface area (Å²) in [5.74, 6) is -0.524. The van der Waals surface area contributed by atoms with Crippen LogP contribution < -0.4 is 10.6 Å². The molecule has 1 aliphatic rings. The summed E-state index contributed by atoms with van der Waals surface area (Å²) < 4.78 is 18.8. The molecule has 1 amide bonds. The van der Waals surface area contributed by atoms with Gasteiger partial charge in [0.05, 0.1) is 12.7 Å². The van der Waals surface area contributed by atoms with Crippen molar-refractivity contribution in [2.24, 2.45) is 0 Å². The Morgan fingerprint density at radius 1 is 1.53 bits per heavy atom. The van der Waals surface area contributed by atoms with Crippen LogP contribution in [0.1, 0.15) is 12.5 Å². The monoisotopic (exact) mass is 288 g/mol. The number of benzene rings is 1. The van der Waals surface area contributed by atoms with Crippen LogP contribution in [0, 0.1) is 12.7 Å². The van der Waals surface area contributed by atoms with Crippen molar-refractivity contribution in [1.82, 2.24) is 5.32 Å². The van der Waals surface area contributed by atoms with Crippen molar-refractivity contribution in [3.63, 3.8) is 0 Å². The summed E-state index contributed by atoms with van der Waals surface area (Å²) in [6.07, 6.45) is -0.187. The number of hydrogen-bond donors (Lipinski definition) is 2. The van der Waals surface area contributed by atoms with Crippen LogP contribution in [0.2, 0.25) is 0 Å². The first kappa shape index (κ1) is 15.9. The van der Waals surface area contributed by atoms with E-state index >= 15 is 0 Å². The summed E-state index contributed by atoms with van der Waals surface area (Å²) >= 11 is 0. The van der Waals surface area contributed by atoms with Crippen LogP contribution >= 0.6 is 12.4 Å². The number of anilines is 1. The average Bonchev–Trinajstić information content (AvgIpc) is 2.35. The van der Waals surface area contributed by atoms with Gasteiger partial charge in [-0.05, 0) is 26.0 Å². The van der Waals surface area contributed by atoms with E-state index < -0.39 is 6.04 Å². The largest absolute Gasteiger partial charge is 0.375 e. The third kappa shape index (κ3) is 3.65. The molecule has 1 aliphatic heterocycles. The Labute approximate surface area is 118 Å². The highest BCUT2D eigenvalue weighted by Crippen LogP contribution is 2.18. The molecule has 0 spiro atoms. The van der Waals surface area contributed by atoms with Crippen molar-refractivity contribution in [3.8, 4) is 0 Å². The lowest BCUT2D eigenvalue weighted by Gasteiger charge is -2.29. The molecule has 0 aromatic heterocycles. The van der Waals surface area contributed by atoms with E-state index in [1.807, 2.05) is 6.92 Å². The molecule has 2 rings (SSSR count). The quantitative estimate of drug-likeness (QED) is 0.873. The zero-order valence-corrected chi connectivity index (χ0v) is 11.7. The second-order valence-electron chi connectivity index (χ2n) is 4.41. The lowest BCUT2D eigenvalue weighted by Crippen LogP contribution is -2.53. The van der Waals surface area contributed by atoms with Gasteiger partial charge in [0.2, 0.25) is 5.91 Å². The van der Waals surface area contributed by atoms with E-state index in [1.165, 1.54) is 6.07 Å². The molecule has 0 saturated carbocycles. The Kier molecular flexibility index (Phi) is 5.72. The zero-order chi connectivity index (χ0) is 13.1. The number of amides is 1. The highest BCUT2D eigenvalue weighted by Gasteiger charge is 2.28. The number of halogens is 2. The summed E-state index contributed by atoms with van der Waals surface area (Å²) in [6, 6.07) is 4.23. The van der Waals surface area contributed by atoms with Gasteiger partial charge in [0.1, 0.15) is 11.9 Å². The first-order valence-corrected chi connectivity index (χ1v) is 6.00. The Morgan fingerprint density at radius 2 is 2.26 bits per heavy atom. The maximum atomic E-state index is 13.4. The Bertz CT molecular complexity index is 456. The Hall–Kier alpha value is -1.17. The number of carbonyl (C=O) groups is 1. The standard InChI is InChI=1S/C13H17FN2O2.ClH/c1-8-10(14)4-3-5-11(8)16-13(17)12-9(2)18-7-6-15-12;/h3-5,9,12,15H,6-7H2,1-2H3,(H,16,17);1H/t9-,12+;/m1./s1. The fraction of sp³-hybridized carbons (Fsp3) is 0.462. The lowest BCUT2D eigenvalue weighted by molar-refractivity contribution is -0.123. The van der Waals surface area contributed by atoms with E-state index in [0.717, 1.165) is 0 Å². The van der Waals surface area contributed by atoms with Gasteiger partial charge < -0.3 is 15.4 Å². The normalized spacial score (nSPS) is 22.5. The van der Waals surface area contributed by atoms with Crippen molar-refractivity contribution < 1.29 is 13.9 Å². The SMILES string of the molecule is Cc1c(F)cccc1NC(=O)[C@H]1NCCO[C@@H]1C.Cl. The summed E-state index contributed by atoms with van der Waals surface area (Å²) in [4.78, 5) is 12.1. The van der Waals surface area contributed by atoms with Crippen molar-refractivity contribution in [3.05, 3.63) is 29.6 Å². The van der Waals surface area contributed by atoms with Gasteiger partial charge in [-0.1, -0.05) is 6.07 Å². The van der Waals surface area contributed by atoms with Crippen LogP contribution in [-0.2, 0) is 9.53 Å². The molecule has 1 heterocycles. The van der Waals surface area contributed by atoms with Crippen LogP contribution in [-0.4, -0.2) is 31.2 Å². The molecule has 0 unspecified atom stereocenters. The first-order valence-electron chi connectivity index (χ1n) is 6.00. The van der Waals surface area contributed by atoms with Gasteiger partial charge in [-0.25, -0.2) is 4.39 Å². The van der Waals surface area contributed by atoms with E-state index in [9.17, 15) is 9.18 Å². The van der Waals surface area contributed by atoms with Crippen molar-refractivity contribution in [2.75, 3.05) is 18.5 Å². The van der Waals surface area contributed by atoms with Gasteiger partial charge >= 0.3 is 0 Å². The fourth-order valence-electron chi connectivity index (χ4n) is 1.98. The predicted octanol–water partition coefficient (Wildman–Crippen LogP) is 1.87. The van der Waals surface area contributed by atoms with Gasteiger partial charge in [-0.2, -0.15) is 0 Å². The molecule has 106 valence electrons. The van der Waals surface area contributed by atoms with Crippen LogP contribution in [0.4, 0.5) is 10.1 Å². The first-order chi connectivity index (χ1) is 8.59. The molecule has 1 aromatic carbocycles. The predicted molar refractivity (Wildman–Crippen MR) is 74.2 cm³/mol. The maximum Gasteiger partial charge on any atom is 0.244 e. The van der Waals surface area contributed by atoms with Crippen molar-refractivity contribution in [1.29, 1.82) is 0 Å². The fourth-order valence-corrected chi connectivity index (χ4v) is 1.98. The van der Waals surface area contributed by atoms with Crippen LogP contribution in [0.5, 0.6) is 0 Å². The second-order valence-corrected chi connectivity index (χ2v) is 4.41. The molecule has 6 heteroatoms. The summed E-state index contributed by atoms with van der Waals surface area (Å²) in [7, 11) is 0. The topological polar surface area (TPSA) is 50.4 Å². The summed E-state index contributed by atoms with van der Waals surface area (Å²) in [5.41, 5.74) is 0.940. The minimum atomic E-state index is -0.401. The number of ether oxygens (including phenoxy) is 1. The van der Waals surface area contributed by atoms with Crippen LogP contribution in [0.25, 0.3) is 0 Å². The highest BCUT2D eigenvalue weighted by molar-refractivity contribution is 5.96. The number of nitrogens with one attached hydrogen (secondary N) is 2. The Morgan fingerprint density at radius 3 is 2.95 bits per heavy atom. The van der Waals surface area contributed by atoms with E-state index in [-0.39, 0.29) is 30.2 Å². The molecule has 1 fully saturated rings. The molecule has 0 radical (unpaired) electrons. The van der Waals surface area contributed by atoms with E-state index in [0.29, 0.717) is 24.4 Å². The van der Waals surface area contributed by atoms with E-state index in [2.05, 4.69) is 10.6 Å². The van der Waals surface area contributed by atoms with Crippen LogP contribution in [0.15, 0.2) is 18.2 Å². The van der Waals surface area contributed by atoms with Gasteiger partial charge in [0.25, 0.3) is 0 Å². The number of carbonyl (C=O) groups excluding carboxylic acids is 1. The molecule has 1 aromatic rings. The van der Waals surface area contributed by atoms with E-state index in [4.69, 9.17) is 4.74 Å². The third-order valence-electron chi connectivity index (χ3n) is 3.12. The molecule has 2 N–H and O–H groups in total. The van der Waals surface area contributed by atoms with Gasteiger partial charge in [-0.3, -0.25) is 4.79 Å². The zero-order valence-electron chi connectivity index (χ0n) is 10.9. The molecular formula is C13H18ClFN2O2. The van der Waals surface area contributed by atoms with Gasteiger partial charge in [-0.15, -0.1) is 12.4 Å². The molecule has 0 aliphatic carbocycles.